The first kappa shape index (κ1) is 23.4. The molecule has 0 bridgehead atoms. The molecule has 4 N–H and O–H groups in total. The van der Waals surface area contributed by atoms with E-state index in [-0.39, 0.29) is 11.7 Å². The molecule has 0 radical (unpaired) electrons. The van der Waals surface area contributed by atoms with E-state index < -0.39 is 15.9 Å². The van der Waals surface area contributed by atoms with Crippen LogP contribution in [0.3, 0.4) is 0 Å². The van der Waals surface area contributed by atoms with E-state index in [9.17, 15) is 9.90 Å². The van der Waals surface area contributed by atoms with E-state index in [1.807, 2.05) is 54.6 Å². The van der Waals surface area contributed by atoms with Gasteiger partial charge in [-0.1, -0.05) is 83.3 Å². The van der Waals surface area contributed by atoms with Crippen LogP contribution in [-0.4, -0.2) is 32.7 Å². The topological polar surface area (TPSA) is 73.4 Å². The second-order valence-corrected chi connectivity index (χ2v) is 8.73. The van der Waals surface area contributed by atoms with Gasteiger partial charge in [-0.3, -0.25) is 4.79 Å². The maximum absolute atomic E-state index is 12.2. The Morgan fingerprint density at radius 3 is 2.38 bits per heavy atom. The van der Waals surface area contributed by atoms with Gasteiger partial charge >= 0.3 is 0 Å². The fourth-order valence-corrected chi connectivity index (χ4v) is 2.95. The molecular weight excluding hydrogens is 453 g/mol. The minimum Gasteiger partial charge on any atom is -0.396 e. The molecule has 1 atom stereocenters. The van der Waals surface area contributed by atoms with Crippen LogP contribution in [0.15, 0.2) is 60.7 Å². The van der Waals surface area contributed by atoms with Crippen LogP contribution in [0.2, 0.25) is 0 Å². The molecule has 2 aromatic rings. The third-order valence-electron chi connectivity index (χ3n) is 3.76. The van der Waals surface area contributed by atoms with Crippen molar-refractivity contribution in [1.29, 1.82) is 0 Å². The molecule has 0 aliphatic heterocycles. The van der Waals surface area contributed by atoms with Crippen LogP contribution in [0.5, 0.6) is 0 Å². The van der Waals surface area contributed by atoms with E-state index in [2.05, 4.69) is 16.0 Å². The molecule has 29 heavy (non-hydrogen) atoms. The number of alkyl halides is 3. The largest absolute Gasteiger partial charge is 0.396 e. The summed E-state index contributed by atoms with van der Waals surface area (Å²) in [5.41, 5.74) is 2.44. The van der Waals surface area contributed by atoms with Crippen molar-refractivity contribution in [3.63, 3.8) is 0 Å². The van der Waals surface area contributed by atoms with Gasteiger partial charge in [-0.25, -0.2) is 0 Å². The number of amides is 1. The normalized spacial score (nSPS) is 12.4. The molecule has 0 aliphatic carbocycles. The predicted octanol–water partition coefficient (Wildman–Crippen LogP) is 4.03. The van der Waals surface area contributed by atoms with Crippen LogP contribution in [0.25, 0.3) is 6.08 Å². The highest BCUT2D eigenvalue weighted by molar-refractivity contribution is 7.80. The number of hydrogen-bond acceptors (Lipinski definition) is 3. The minimum absolute atomic E-state index is 0.000529. The van der Waals surface area contributed by atoms with E-state index in [0.717, 1.165) is 11.1 Å². The SMILES string of the molecule is O=C(C=Cc1ccccc1)NC(NC(=S)Nc1ccccc1CCO)C(Cl)(Cl)Cl. The predicted molar refractivity (Wildman–Crippen MR) is 124 cm³/mol. The van der Waals surface area contributed by atoms with Gasteiger partial charge in [-0.05, 0) is 41.9 Å². The summed E-state index contributed by atoms with van der Waals surface area (Å²) < 4.78 is -1.85. The van der Waals surface area contributed by atoms with Crippen LogP contribution in [-0.2, 0) is 11.2 Å². The Labute approximate surface area is 190 Å². The molecule has 1 unspecified atom stereocenters. The number of aliphatic hydroxyl groups excluding tert-OH is 1. The number of rotatable bonds is 7. The standard InChI is InChI=1S/C20H20Cl3N3O2S/c21-20(22,23)18(25-17(28)11-10-14-6-2-1-3-7-14)26-19(29)24-16-9-5-4-8-15(16)12-13-27/h1-11,18,27H,12-13H2,(H,25,28)(H2,24,26,29). The second-order valence-electron chi connectivity index (χ2n) is 5.96. The van der Waals surface area contributed by atoms with Crippen molar-refractivity contribution in [2.75, 3.05) is 11.9 Å². The van der Waals surface area contributed by atoms with E-state index in [0.29, 0.717) is 12.1 Å². The molecular formula is C20H20Cl3N3O2S. The van der Waals surface area contributed by atoms with E-state index in [4.69, 9.17) is 47.0 Å². The molecule has 0 fully saturated rings. The summed E-state index contributed by atoms with van der Waals surface area (Å²) in [4.78, 5) is 12.2. The zero-order valence-corrected chi connectivity index (χ0v) is 18.3. The highest BCUT2D eigenvalue weighted by Gasteiger charge is 2.34. The fraction of sp³-hybridized carbons (Fsp3) is 0.200. The Balaban J connectivity index is 2.02. The zero-order valence-electron chi connectivity index (χ0n) is 15.2. The quantitative estimate of drug-likeness (QED) is 0.212. The van der Waals surface area contributed by atoms with Crippen LogP contribution in [0.1, 0.15) is 11.1 Å². The lowest BCUT2D eigenvalue weighted by Gasteiger charge is -2.27. The Morgan fingerprint density at radius 2 is 1.72 bits per heavy atom. The summed E-state index contributed by atoms with van der Waals surface area (Å²) in [5, 5.41) is 17.7. The van der Waals surface area contributed by atoms with Gasteiger partial charge in [0, 0.05) is 18.4 Å². The lowest BCUT2D eigenvalue weighted by Crippen LogP contribution is -2.55. The number of thiocarbonyl (C=S) groups is 1. The van der Waals surface area contributed by atoms with E-state index in [1.165, 1.54) is 6.08 Å². The van der Waals surface area contributed by atoms with Crippen LogP contribution >= 0.6 is 47.0 Å². The summed E-state index contributed by atoms with van der Waals surface area (Å²) in [6.45, 7) is -0.000529. The number of carbonyl (C=O) groups excluding carboxylic acids is 1. The summed E-state index contributed by atoms with van der Waals surface area (Å²) in [6.07, 6.45) is 2.37. The average Bonchev–Trinajstić information content (AvgIpc) is 2.68. The summed E-state index contributed by atoms with van der Waals surface area (Å²) in [6, 6.07) is 16.7. The number of aliphatic hydroxyl groups is 1. The molecule has 0 aliphatic rings. The van der Waals surface area contributed by atoms with Crippen molar-refractivity contribution in [1.82, 2.24) is 10.6 Å². The average molecular weight is 473 g/mol. The van der Waals surface area contributed by atoms with Gasteiger partial charge in [-0.2, -0.15) is 0 Å². The van der Waals surface area contributed by atoms with Crippen molar-refractivity contribution < 1.29 is 9.90 Å². The Bertz CT molecular complexity index is 858. The van der Waals surface area contributed by atoms with Crippen molar-refractivity contribution >= 4 is 69.8 Å². The first-order chi connectivity index (χ1) is 13.8. The summed E-state index contributed by atoms with van der Waals surface area (Å²) >= 11 is 23.3. The third kappa shape index (κ3) is 8.20. The van der Waals surface area contributed by atoms with Gasteiger partial charge in [0.05, 0.1) is 0 Å². The van der Waals surface area contributed by atoms with Gasteiger partial charge in [0.25, 0.3) is 0 Å². The molecule has 0 saturated heterocycles. The maximum atomic E-state index is 12.2. The lowest BCUT2D eigenvalue weighted by molar-refractivity contribution is -0.117. The Kier molecular flexibility index (Phi) is 9.20. The molecule has 5 nitrogen and oxygen atoms in total. The van der Waals surface area contributed by atoms with Gasteiger partial charge in [0.1, 0.15) is 6.17 Å². The Hall–Kier alpha value is -1.83. The van der Waals surface area contributed by atoms with Crippen molar-refractivity contribution in [3.05, 3.63) is 71.8 Å². The molecule has 0 spiro atoms. The molecule has 154 valence electrons. The number of benzene rings is 2. The minimum atomic E-state index is -1.85. The smallest absolute Gasteiger partial charge is 0.245 e. The number of para-hydroxylation sites is 1. The molecule has 2 rings (SSSR count). The van der Waals surface area contributed by atoms with Crippen molar-refractivity contribution in [3.8, 4) is 0 Å². The first-order valence-corrected chi connectivity index (χ1v) is 10.2. The Morgan fingerprint density at radius 1 is 1.07 bits per heavy atom. The van der Waals surface area contributed by atoms with Crippen molar-refractivity contribution in [2.45, 2.75) is 16.4 Å². The van der Waals surface area contributed by atoms with E-state index in [1.54, 1.807) is 6.08 Å². The number of hydrogen-bond donors (Lipinski definition) is 4. The number of halogens is 3. The summed E-state index contributed by atoms with van der Waals surface area (Å²) in [7, 11) is 0. The van der Waals surface area contributed by atoms with Crippen LogP contribution in [0.4, 0.5) is 5.69 Å². The second kappa shape index (κ2) is 11.4. The molecule has 0 heterocycles. The van der Waals surface area contributed by atoms with Crippen LogP contribution < -0.4 is 16.0 Å². The monoisotopic (exact) mass is 471 g/mol. The lowest BCUT2D eigenvalue weighted by atomic mass is 10.1. The van der Waals surface area contributed by atoms with Gasteiger partial charge in [0.2, 0.25) is 9.70 Å². The maximum Gasteiger partial charge on any atom is 0.245 e. The fourth-order valence-electron chi connectivity index (χ4n) is 2.40. The highest BCUT2D eigenvalue weighted by Crippen LogP contribution is 2.29. The van der Waals surface area contributed by atoms with Gasteiger partial charge in [0.15, 0.2) is 5.11 Å². The van der Waals surface area contributed by atoms with Gasteiger partial charge in [-0.15, -0.1) is 0 Å². The molecule has 2 aromatic carbocycles. The molecule has 0 aromatic heterocycles. The van der Waals surface area contributed by atoms with Crippen molar-refractivity contribution in [2.24, 2.45) is 0 Å². The number of nitrogens with one attached hydrogen (secondary N) is 3. The third-order valence-corrected chi connectivity index (χ3v) is 4.64. The highest BCUT2D eigenvalue weighted by atomic mass is 35.6. The van der Waals surface area contributed by atoms with E-state index >= 15 is 0 Å². The number of anilines is 1. The molecule has 1 amide bonds. The number of carbonyl (C=O) groups is 1. The van der Waals surface area contributed by atoms with Crippen LogP contribution in [0, 0.1) is 0 Å². The van der Waals surface area contributed by atoms with Gasteiger partial charge < -0.3 is 21.1 Å². The zero-order chi connectivity index (χ0) is 21.3. The first-order valence-electron chi connectivity index (χ1n) is 8.66. The summed E-state index contributed by atoms with van der Waals surface area (Å²) in [5.74, 6) is -0.457. The molecule has 0 saturated carbocycles. The molecule has 9 heteroatoms.